The molecule has 0 radical (unpaired) electrons. The van der Waals surface area contributed by atoms with Crippen molar-refractivity contribution < 1.29 is 14.3 Å². The van der Waals surface area contributed by atoms with Crippen LogP contribution in [-0.2, 0) is 4.79 Å². The number of hydrogen-bond acceptors (Lipinski definition) is 3. The van der Waals surface area contributed by atoms with Crippen molar-refractivity contribution in [1.29, 1.82) is 0 Å². The SMILES string of the molecule is CCC(C(=O)O)C1SC(=Nc2ccc(F)cc2)N(C)C1C. The summed E-state index contributed by atoms with van der Waals surface area (Å²) in [4.78, 5) is 17.9. The van der Waals surface area contributed by atoms with Crippen LogP contribution in [0.4, 0.5) is 10.1 Å². The lowest BCUT2D eigenvalue weighted by atomic mass is 9.97. The number of carboxylic acids is 1. The molecule has 0 aliphatic carbocycles. The molecule has 0 saturated carbocycles. The summed E-state index contributed by atoms with van der Waals surface area (Å²) in [5.74, 6) is -1.46. The highest BCUT2D eigenvalue weighted by molar-refractivity contribution is 8.14. The van der Waals surface area contributed by atoms with Gasteiger partial charge in [0.15, 0.2) is 5.17 Å². The smallest absolute Gasteiger partial charge is 0.307 e. The zero-order chi connectivity index (χ0) is 15.6. The lowest BCUT2D eigenvalue weighted by Crippen LogP contribution is -2.37. The highest BCUT2D eigenvalue weighted by atomic mass is 32.2. The zero-order valence-corrected chi connectivity index (χ0v) is 13.1. The third kappa shape index (κ3) is 3.37. The Hall–Kier alpha value is -1.56. The van der Waals surface area contributed by atoms with Gasteiger partial charge in [-0.05, 0) is 37.6 Å². The van der Waals surface area contributed by atoms with Gasteiger partial charge in [-0.25, -0.2) is 9.38 Å². The number of aliphatic imine (C=N–C) groups is 1. The normalized spacial score (nSPS) is 25.3. The standard InChI is InChI=1S/C15H19FN2O2S/c1-4-12(14(19)20)13-9(2)18(3)15(21-13)17-11-7-5-10(16)6-8-11/h5-9,12-13H,4H2,1-3H3,(H,19,20). The van der Waals surface area contributed by atoms with E-state index in [2.05, 4.69) is 4.99 Å². The molecule has 2 rings (SSSR count). The molecular weight excluding hydrogens is 291 g/mol. The second kappa shape index (κ2) is 6.47. The summed E-state index contributed by atoms with van der Waals surface area (Å²) in [5.41, 5.74) is 0.668. The van der Waals surface area contributed by atoms with E-state index in [0.717, 1.165) is 5.17 Å². The number of benzene rings is 1. The molecule has 0 amide bonds. The van der Waals surface area contributed by atoms with Crippen LogP contribution in [0, 0.1) is 11.7 Å². The fourth-order valence-electron chi connectivity index (χ4n) is 2.39. The second-order valence-corrected chi connectivity index (χ2v) is 6.30. The van der Waals surface area contributed by atoms with Gasteiger partial charge in [0.05, 0.1) is 11.6 Å². The van der Waals surface area contributed by atoms with Crippen molar-refractivity contribution in [2.24, 2.45) is 10.9 Å². The fraction of sp³-hybridized carbons (Fsp3) is 0.467. The summed E-state index contributed by atoms with van der Waals surface area (Å²) in [6, 6.07) is 6.06. The van der Waals surface area contributed by atoms with Gasteiger partial charge in [0.1, 0.15) is 5.82 Å². The van der Waals surface area contributed by atoms with Crippen molar-refractivity contribution in [2.75, 3.05) is 7.05 Å². The molecule has 1 aromatic carbocycles. The Balaban J connectivity index is 2.23. The van der Waals surface area contributed by atoms with Crippen molar-refractivity contribution in [3.8, 4) is 0 Å². The molecule has 4 nitrogen and oxygen atoms in total. The first-order valence-corrected chi connectivity index (χ1v) is 7.78. The topological polar surface area (TPSA) is 52.9 Å². The predicted molar refractivity (Wildman–Crippen MR) is 83.5 cm³/mol. The maximum Gasteiger partial charge on any atom is 0.307 e. The number of rotatable bonds is 4. The van der Waals surface area contributed by atoms with Crippen LogP contribution < -0.4 is 0 Å². The van der Waals surface area contributed by atoms with Crippen LogP contribution in [0.25, 0.3) is 0 Å². The molecule has 6 heteroatoms. The van der Waals surface area contributed by atoms with Crippen molar-refractivity contribution in [3.63, 3.8) is 0 Å². The van der Waals surface area contributed by atoms with E-state index in [-0.39, 0.29) is 17.1 Å². The number of carboxylic acid groups (broad SMARTS) is 1. The lowest BCUT2D eigenvalue weighted by Gasteiger charge is -2.23. The van der Waals surface area contributed by atoms with Crippen LogP contribution in [0.15, 0.2) is 29.3 Å². The minimum Gasteiger partial charge on any atom is -0.481 e. The van der Waals surface area contributed by atoms with Gasteiger partial charge in [0.25, 0.3) is 0 Å². The Morgan fingerprint density at radius 2 is 2.10 bits per heavy atom. The Morgan fingerprint density at radius 1 is 1.48 bits per heavy atom. The summed E-state index contributed by atoms with van der Waals surface area (Å²) in [6.07, 6.45) is 0.592. The van der Waals surface area contributed by atoms with Crippen LogP contribution in [0.3, 0.4) is 0 Å². The molecule has 3 unspecified atom stereocenters. The molecule has 0 aromatic heterocycles. The van der Waals surface area contributed by atoms with E-state index >= 15 is 0 Å². The van der Waals surface area contributed by atoms with E-state index in [9.17, 15) is 14.3 Å². The number of aliphatic carboxylic acids is 1. The third-order valence-corrected chi connectivity index (χ3v) is 5.42. The van der Waals surface area contributed by atoms with Crippen LogP contribution in [0.2, 0.25) is 0 Å². The molecule has 0 spiro atoms. The van der Waals surface area contributed by atoms with Gasteiger partial charge in [-0.15, -0.1) is 0 Å². The molecule has 1 aromatic rings. The molecule has 1 saturated heterocycles. The summed E-state index contributed by atoms with van der Waals surface area (Å²) < 4.78 is 12.9. The Bertz CT molecular complexity index is 547. The summed E-state index contributed by atoms with van der Waals surface area (Å²) in [6.45, 7) is 3.90. The average Bonchev–Trinajstić information content (AvgIpc) is 2.71. The largest absolute Gasteiger partial charge is 0.481 e. The van der Waals surface area contributed by atoms with Gasteiger partial charge in [0.2, 0.25) is 0 Å². The van der Waals surface area contributed by atoms with Crippen LogP contribution >= 0.6 is 11.8 Å². The first-order valence-electron chi connectivity index (χ1n) is 6.90. The van der Waals surface area contributed by atoms with Crippen LogP contribution in [0.5, 0.6) is 0 Å². The minimum atomic E-state index is -0.765. The molecule has 1 heterocycles. The number of nitrogens with zero attached hydrogens (tertiary/aromatic N) is 2. The van der Waals surface area contributed by atoms with E-state index in [4.69, 9.17) is 0 Å². The molecule has 114 valence electrons. The summed E-state index contributed by atoms with van der Waals surface area (Å²) >= 11 is 1.49. The van der Waals surface area contributed by atoms with Gasteiger partial charge in [-0.3, -0.25) is 4.79 Å². The number of carbonyl (C=O) groups is 1. The van der Waals surface area contributed by atoms with E-state index < -0.39 is 11.9 Å². The lowest BCUT2D eigenvalue weighted by molar-refractivity contribution is -0.142. The zero-order valence-electron chi connectivity index (χ0n) is 12.3. The quantitative estimate of drug-likeness (QED) is 0.926. The summed E-state index contributed by atoms with van der Waals surface area (Å²) in [7, 11) is 1.91. The van der Waals surface area contributed by atoms with Crippen molar-refractivity contribution in [3.05, 3.63) is 30.1 Å². The minimum absolute atomic E-state index is 0.0308. The van der Waals surface area contributed by atoms with E-state index in [1.807, 2.05) is 25.8 Å². The fourth-order valence-corrected chi connectivity index (χ4v) is 3.98. The Morgan fingerprint density at radius 3 is 2.62 bits per heavy atom. The van der Waals surface area contributed by atoms with Crippen LogP contribution in [-0.4, -0.2) is 39.5 Å². The number of thioether (sulfide) groups is 1. The van der Waals surface area contributed by atoms with Crippen molar-refractivity contribution >= 4 is 28.6 Å². The average molecular weight is 310 g/mol. The van der Waals surface area contributed by atoms with E-state index in [0.29, 0.717) is 12.1 Å². The van der Waals surface area contributed by atoms with Gasteiger partial charge < -0.3 is 10.0 Å². The van der Waals surface area contributed by atoms with Gasteiger partial charge in [-0.1, -0.05) is 18.7 Å². The predicted octanol–water partition coefficient (Wildman–Crippen LogP) is 3.36. The van der Waals surface area contributed by atoms with E-state index in [1.165, 1.54) is 23.9 Å². The number of amidine groups is 1. The molecule has 0 bridgehead atoms. The molecule has 1 aliphatic rings. The van der Waals surface area contributed by atoms with Gasteiger partial charge >= 0.3 is 5.97 Å². The molecule has 3 atom stereocenters. The third-order valence-electron chi connectivity index (χ3n) is 3.83. The van der Waals surface area contributed by atoms with Gasteiger partial charge in [-0.2, -0.15) is 0 Å². The second-order valence-electron chi connectivity index (χ2n) is 5.16. The molecular formula is C15H19FN2O2S. The van der Waals surface area contributed by atoms with Crippen LogP contribution in [0.1, 0.15) is 20.3 Å². The molecule has 1 fully saturated rings. The molecule has 1 aliphatic heterocycles. The molecule has 21 heavy (non-hydrogen) atoms. The summed E-state index contributed by atoms with van der Waals surface area (Å²) in [5, 5.41) is 10.1. The monoisotopic (exact) mass is 310 g/mol. The first kappa shape index (κ1) is 15.8. The molecule has 1 N–H and O–H groups in total. The Kier molecular flexibility index (Phi) is 4.88. The van der Waals surface area contributed by atoms with Crippen molar-refractivity contribution in [1.82, 2.24) is 4.90 Å². The van der Waals surface area contributed by atoms with Crippen molar-refractivity contribution in [2.45, 2.75) is 31.6 Å². The van der Waals surface area contributed by atoms with Gasteiger partial charge in [0, 0.05) is 18.3 Å². The van der Waals surface area contributed by atoms with E-state index in [1.54, 1.807) is 12.1 Å². The highest BCUT2D eigenvalue weighted by Gasteiger charge is 2.41. The maximum atomic E-state index is 12.9. The highest BCUT2D eigenvalue weighted by Crippen LogP contribution is 2.37. The number of hydrogen-bond donors (Lipinski definition) is 1. The maximum absolute atomic E-state index is 12.9. The first-order chi connectivity index (χ1) is 9.93. The number of halogens is 1. The Labute approximate surface area is 128 Å².